The lowest BCUT2D eigenvalue weighted by molar-refractivity contribution is -0.384. The summed E-state index contributed by atoms with van der Waals surface area (Å²) in [6, 6.07) is 6.35. The molecule has 1 atom stereocenters. The molecule has 1 unspecified atom stereocenters. The molecule has 26 heavy (non-hydrogen) atoms. The number of ether oxygens (including phenoxy) is 1. The Balaban J connectivity index is 2.51. The number of allylic oxidation sites excluding steroid dienone is 4. The van der Waals surface area contributed by atoms with Gasteiger partial charge in [-0.25, -0.2) is 0 Å². The highest BCUT2D eigenvalue weighted by Gasteiger charge is 2.21. The lowest BCUT2D eigenvalue weighted by atomic mass is 9.99. The number of hydrogen-bond donors (Lipinski definition) is 0. The van der Waals surface area contributed by atoms with E-state index in [1.54, 1.807) is 12.1 Å². The molecule has 0 heterocycles. The number of nitrogens with zero attached hydrogens (tertiary/aromatic N) is 1. The van der Waals surface area contributed by atoms with Crippen molar-refractivity contribution in [2.45, 2.75) is 65.6 Å². The van der Waals surface area contributed by atoms with Crippen LogP contribution in [0.1, 0.15) is 58.9 Å². The zero-order valence-corrected chi connectivity index (χ0v) is 16.2. The second-order valence-corrected chi connectivity index (χ2v) is 7.00. The summed E-state index contributed by atoms with van der Waals surface area (Å²) in [6.45, 7) is 8.61. The molecule has 0 aliphatic carbocycles. The van der Waals surface area contributed by atoms with Crippen LogP contribution in [-0.2, 0) is 11.3 Å². The molecule has 0 spiro atoms. The monoisotopic (exact) mass is 355 g/mol. The Hall–Kier alpha value is -2.38. The maximum atomic E-state index is 10.7. The molecule has 0 saturated heterocycles. The first-order chi connectivity index (χ1) is 12.3. The van der Waals surface area contributed by atoms with Crippen LogP contribution in [0.15, 0.2) is 47.6 Å². The first-order valence-electron chi connectivity index (χ1n) is 8.90. The second kappa shape index (κ2) is 10.6. The molecule has 0 amide bonds. The van der Waals surface area contributed by atoms with E-state index in [1.165, 1.54) is 23.3 Å². The van der Waals surface area contributed by atoms with Crippen LogP contribution in [0.4, 0.5) is 5.69 Å². The SMILES string of the molecule is C#CC(C)(CC/C=C(/C)CCC=C(C)C)OCc1ccc([N+](=O)[O-])cc1. The maximum absolute atomic E-state index is 10.7. The van der Waals surface area contributed by atoms with Crippen molar-refractivity contribution in [1.82, 2.24) is 0 Å². The molecule has 0 aromatic heterocycles. The summed E-state index contributed by atoms with van der Waals surface area (Å²) in [4.78, 5) is 10.3. The zero-order chi connectivity index (χ0) is 19.6. The van der Waals surface area contributed by atoms with Gasteiger partial charge in [0.25, 0.3) is 5.69 Å². The Morgan fingerprint density at radius 2 is 1.88 bits per heavy atom. The standard InChI is InChI=1S/C22H29NO3/c1-6-22(5,16-8-11-19(4)10-7-9-18(2)3)26-17-20-12-14-21(15-13-20)23(24)25/h1,9,11-15H,7-8,10,16-17H2,2-5H3/b19-11-. The van der Waals surface area contributed by atoms with Crippen LogP contribution in [0.3, 0.4) is 0 Å². The minimum atomic E-state index is -0.654. The smallest absolute Gasteiger partial charge is 0.269 e. The summed E-state index contributed by atoms with van der Waals surface area (Å²) in [5.74, 6) is 2.74. The van der Waals surface area contributed by atoms with E-state index < -0.39 is 10.5 Å². The molecule has 0 aliphatic rings. The van der Waals surface area contributed by atoms with Crippen molar-refractivity contribution in [3.63, 3.8) is 0 Å². The lowest BCUT2D eigenvalue weighted by Gasteiger charge is -2.24. The summed E-state index contributed by atoms with van der Waals surface area (Å²) in [5, 5.41) is 10.7. The van der Waals surface area contributed by atoms with Gasteiger partial charge in [0.2, 0.25) is 0 Å². The third kappa shape index (κ3) is 8.13. The largest absolute Gasteiger partial charge is 0.358 e. The molecule has 1 aromatic rings. The lowest BCUT2D eigenvalue weighted by Crippen LogP contribution is -2.26. The predicted octanol–water partition coefficient (Wildman–Crippen LogP) is 5.98. The van der Waals surface area contributed by atoms with Gasteiger partial charge in [-0.1, -0.05) is 29.2 Å². The highest BCUT2D eigenvalue weighted by molar-refractivity contribution is 5.32. The number of terminal acetylenes is 1. The van der Waals surface area contributed by atoms with Crippen molar-refractivity contribution >= 4 is 5.69 Å². The Kier molecular flexibility index (Phi) is 8.81. The van der Waals surface area contributed by atoms with Crippen LogP contribution in [0.2, 0.25) is 0 Å². The molecule has 4 nitrogen and oxygen atoms in total. The Morgan fingerprint density at radius 3 is 2.42 bits per heavy atom. The number of hydrogen-bond acceptors (Lipinski definition) is 3. The molecular formula is C22H29NO3. The van der Waals surface area contributed by atoms with Crippen molar-refractivity contribution in [2.75, 3.05) is 0 Å². The highest BCUT2D eigenvalue weighted by Crippen LogP contribution is 2.21. The Labute approximate surface area is 157 Å². The van der Waals surface area contributed by atoms with Gasteiger partial charge in [-0.15, -0.1) is 6.42 Å². The molecule has 0 bridgehead atoms. The van der Waals surface area contributed by atoms with Gasteiger partial charge in [0.1, 0.15) is 5.60 Å². The molecule has 1 rings (SSSR count). The van der Waals surface area contributed by atoms with Gasteiger partial charge in [-0.3, -0.25) is 10.1 Å². The fourth-order valence-electron chi connectivity index (χ4n) is 2.43. The third-order valence-corrected chi connectivity index (χ3v) is 4.22. The van der Waals surface area contributed by atoms with Crippen LogP contribution >= 0.6 is 0 Å². The summed E-state index contributed by atoms with van der Waals surface area (Å²) in [5.41, 5.74) is 2.99. The van der Waals surface area contributed by atoms with Crippen molar-refractivity contribution in [2.24, 2.45) is 0 Å². The van der Waals surface area contributed by atoms with Gasteiger partial charge in [0, 0.05) is 12.1 Å². The molecular weight excluding hydrogens is 326 g/mol. The first kappa shape index (κ1) is 21.7. The van der Waals surface area contributed by atoms with Gasteiger partial charge < -0.3 is 4.74 Å². The van der Waals surface area contributed by atoms with Crippen molar-refractivity contribution < 1.29 is 9.66 Å². The van der Waals surface area contributed by atoms with Crippen LogP contribution in [0, 0.1) is 22.5 Å². The van der Waals surface area contributed by atoms with Crippen molar-refractivity contribution in [1.29, 1.82) is 0 Å². The number of nitro groups is 1. The van der Waals surface area contributed by atoms with E-state index in [0.717, 1.165) is 31.2 Å². The highest BCUT2D eigenvalue weighted by atomic mass is 16.6. The number of non-ortho nitro benzene ring substituents is 1. The summed E-state index contributed by atoms with van der Waals surface area (Å²) < 4.78 is 5.91. The van der Waals surface area contributed by atoms with E-state index in [-0.39, 0.29) is 5.69 Å². The minimum absolute atomic E-state index is 0.0715. The van der Waals surface area contributed by atoms with E-state index in [2.05, 4.69) is 38.8 Å². The van der Waals surface area contributed by atoms with Crippen LogP contribution < -0.4 is 0 Å². The molecule has 0 fully saturated rings. The molecule has 0 aliphatic heterocycles. The van der Waals surface area contributed by atoms with E-state index in [0.29, 0.717) is 6.61 Å². The third-order valence-electron chi connectivity index (χ3n) is 4.22. The van der Waals surface area contributed by atoms with Gasteiger partial charge in [0.05, 0.1) is 11.5 Å². The zero-order valence-electron chi connectivity index (χ0n) is 16.2. The van der Waals surface area contributed by atoms with Gasteiger partial charge >= 0.3 is 0 Å². The minimum Gasteiger partial charge on any atom is -0.358 e. The molecule has 4 heteroatoms. The molecule has 0 saturated carbocycles. The molecule has 0 N–H and O–H groups in total. The van der Waals surface area contributed by atoms with Gasteiger partial charge in [0.15, 0.2) is 0 Å². The quantitative estimate of drug-likeness (QED) is 0.225. The van der Waals surface area contributed by atoms with Crippen LogP contribution in [0.5, 0.6) is 0 Å². The first-order valence-corrected chi connectivity index (χ1v) is 8.90. The number of nitro benzene ring substituents is 1. The predicted molar refractivity (Wildman–Crippen MR) is 107 cm³/mol. The van der Waals surface area contributed by atoms with E-state index in [1.807, 2.05) is 6.92 Å². The average Bonchev–Trinajstić information content (AvgIpc) is 2.60. The summed E-state index contributed by atoms with van der Waals surface area (Å²) in [7, 11) is 0. The molecule has 140 valence electrons. The average molecular weight is 355 g/mol. The van der Waals surface area contributed by atoms with E-state index in [9.17, 15) is 10.1 Å². The van der Waals surface area contributed by atoms with Gasteiger partial charge in [-0.2, -0.15) is 0 Å². The van der Waals surface area contributed by atoms with E-state index >= 15 is 0 Å². The topological polar surface area (TPSA) is 52.4 Å². The molecule has 0 radical (unpaired) electrons. The van der Waals surface area contributed by atoms with Gasteiger partial charge in [-0.05, 0) is 71.1 Å². The molecule has 1 aromatic carbocycles. The Bertz CT molecular complexity index is 691. The normalized spacial score (nSPS) is 13.6. The van der Waals surface area contributed by atoms with Crippen LogP contribution in [0.25, 0.3) is 0 Å². The fraction of sp³-hybridized carbons (Fsp3) is 0.455. The van der Waals surface area contributed by atoms with Crippen LogP contribution in [-0.4, -0.2) is 10.5 Å². The number of benzene rings is 1. The van der Waals surface area contributed by atoms with Crippen molar-refractivity contribution in [3.05, 3.63) is 63.2 Å². The fourth-order valence-corrected chi connectivity index (χ4v) is 2.43. The second-order valence-electron chi connectivity index (χ2n) is 7.00. The summed E-state index contributed by atoms with van der Waals surface area (Å²) in [6.07, 6.45) is 13.9. The van der Waals surface area contributed by atoms with Crippen molar-refractivity contribution in [3.8, 4) is 12.3 Å². The van der Waals surface area contributed by atoms with E-state index in [4.69, 9.17) is 11.2 Å². The maximum Gasteiger partial charge on any atom is 0.269 e. The Morgan fingerprint density at radius 1 is 1.23 bits per heavy atom. The number of rotatable bonds is 10. The summed E-state index contributed by atoms with van der Waals surface area (Å²) >= 11 is 0.